The molecule has 120 valence electrons. The first-order valence-corrected chi connectivity index (χ1v) is 7.17. The summed E-state index contributed by atoms with van der Waals surface area (Å²) in [5.41, 5.74) is -0.605. The van der Waals surface area contributed by atoms with Gasteiger partial charge in [0.2, 0.25) is 11.6 Å². The van der Waals surface area contributed by atoms with Gasteiger partial charge in [0.25, 0.3) is 5.91 Å². The van der Waals surface area contributed by atoms with Gasteiger partial charge in [0.15, 0.2) is 22.3 Å². The number of carbonyl (C=O) groups excluding carboxylic acids is 1. The third-order valence-corrected chi connectivity index (χ3v) is 4.02. The average Bonchev–Trinajstić information content (AvgIpc) is 3.06. The van der Waals surface area contributed by atoms with Crippen LogP contribution in [0.25, 0.3) is 11.0 Å². The number of aromatic nitrogens is 1. The van der Waals surface area contributed by atoms with Crippen molar-refractivity contribution in [2.75, 3.05) is 5.32 Å². The molecule has 0 unspecified atom stereocenters. The van der Waals surface area contributed by atoms with Crippen LogP contribution in [0.4, 0.5) is 22.7 Å². The Morgan fingerprint density at radius 2 is 1.78 bits per heavy atom. The van der Waals surface area contributed by atoms with Crippen molar-refractivity contribution in [2.24, 2.45) is 0 Å². The molecule has 0 saturated heterocycles. The third kappa shape index (κ3) is 2.37. The number of fused-ring (bicyclic) bond motifs is 1. The Kier molecular flexibility index (Phi) is 3.59. The summed E-state index contributed by atoms with van der Waals surface area (Å²) >= 11 is 1.12. The molecule has 4 nitrogen and oxygen atoms in total. The number of hydrogen-bond acceptors (Lipinski definition) is 4. The Morgan fingerprint density at radius 1 is 1.13 bits per heavy atom. The zero-order valence-corrected chi connectivity index (χ0v) is 12.6. The van der Waals surface area contributed by atoms with Crippen LogP contribution in [-0.2, 0) is 0 Å². The lowest BCUT2D eigenvalue weighted by atomic mass is 10.1. The van der Waals surface area contributed by atoms with Gasteiger partial charge in [0.1, 0.15) is 5.76 Å². The number of halogens is 4. The molecule has 0 aliphatic heterocycles. The van der Waals surface area contributed by atoms with Crippen molar-refractivity contribution in [3.8, 4) is 0 Å². The summed E-state index contributed by atoms with van der Waals surface area (Å²) in [5, 5.41) is 3.53. The smallest absolute Gasteiger partial charge is 0.261 e. The fourth-order valence-electron chi connectivity index (χ4n) is 2.16. The third-order valence-electron chi connectivity index (χ3n) is 3.15. The van der Waals surface area contributed by atoms with Gasteiger partial charge in [-0.15, -0.1) is 11.3 Å². The molecule has 0 fully saturated rings. The van der Waals surface area contributed by atoms with Gasteiger partial charge in [-0.1, -0.05) is 0 Å². The fourth-order valence-corrected chi connectivity index (χ4v) is 2.84. The number of thiazole rings is 1. The molecule has 0 aliphatic carbocycles. The van der Waals surface area contributed by atoms with Crippen molar-refractivity contribution in [1.82, 2.24) is 4.98 Å². The number of hydrogen-bond donors (Lipinski definition) is 1. The molecule has 0 bridgehead atoms. The molecule has 0 atom stereocenters. The first-order chi connectivity index (χ1) is 10.8. The second-order valence-electron chi connectivity index (χ2n) is 4.74. The topological polar surface area (TPSA) is 55.1 Å². The lowest BCUT2D eigenvalue weighted by Crippen LogP contribution is -2.13. The minimum Gasteiger partial charge on any atom is -0.457 e. The summed E-state index contributed by atoms with van der Waals surface area (Å²) in [5.74, 6) is -8.41. The summed E-state index contributed by atoms with van der Waals surface area (Å²) in [6.07, 6.45) is 0. The number of rotatable bonds is 2. The summed E-state index contributed by atoms with van der Waals surface area (Å²) in [4.78, 5) is 16.3. The second kappa shape index (κ2) is 5.34. The van der Waals surface area contributed by atoms with E-state index in [4.69, 9.17) is 4.42 Å². The fraction of sp³-hybridized carbons (Fsp3) is 0.143. The highest BCUT2D eigenvalue weighted by Crippen LogP contribution is 2.33. The van der Waals surface area contributed by atoms with E-state index in [9.17, 15) is 22.4 Å². The van der Waals surface area contributed by atoms with E-state index in [1.54, 1.807) is 12.3 Å². The van der Waals surface area contributed by atoms with Gasteiger partial charge in [0.05, 0.1) is 16.6 Å². The van der Waals surface area contributed by atoms with Crippen LogP contribution in [0, 0.1) is 37.1 Å². The molecule has 3 aromatic rings. The van der Waals surface area contributed by atoms with Crippen molar-refractivity contribution in [3.63, 3.8) is 0 Å². The van der Waals surface area contributed by atoms with Crippen LogP contribution in [0.5, 0.6) is 0 Å². The first-order valence-electron chi connectivity index (χ1n) is 6.29. The Labute approximate surface area is 130 Å². The van der Waals surface area contributed by atoms with Gasteiger partial charge in [-0.05, 0) is 13.8 Å². The van der Waals surface area contributed by atoms with Crippen LogP contribution in [-0.4, -0.2) is 10.9 Å². The number of amides is 1. The van der Waals surface area contributed by atoms with Gasteiger partial charge in [-0.3, -0.25) is 10.1 Å². The maximum Gasteiger partial charge on any atom is 0.261 e. The first kappa shape index (κ1) is 15.5. The predicted molar refractivity (Wildman–Crippen MR) is 75.6 cm³/mol. The monoisotopic (exact) mass is 344 g/mol. The number of aryl methyl sites for hydroxylation is 2. The van der Waals surface area contributed by atoms with E-state index >= 15 is 0 Å². The standard InChI is InChI=1S/C14H8F4N2O2S/c1-4-3-23-14(19-4)20-13(21)6-5(2)22-12-7(6)8(15)9(16)10(17)11(12)18/h3H,1-2H3,(H,19,20,21). The molecule has 3 rings (SSSR count). The van der Waals surface area contributed by atoms with Crippen LogP contribution < -0.4 is 5.32 Å². The van der Waals surface area contributed by atoms with E-state index in [0.29, 0.717) is 5.69 Å². The van der Waals surface area contributed by atoms with Gasteiger partial charge in [0, 0.05) is 5.38 Å². The van der Waals surface area contributed by atoms with E-state index in [1.165, 1.54) is 6.92 Å². The van der Waals surface area contributed by atoms with Gasteiger partial charge < -0.3 is 4.42 Å². The lowest BCUT2D eigenvalue weighted by Gasteiger charge is -2.03. The minimum atomic E-state index is -2.00. The molecular weight excluding hydrogens is 336 g/mol. The van der Waals surface area contributed by atoms with E-state index in [0.717, 1.165) is 11.3 Å². The normalized spacial score (nSPS) is 11.2. The van der Waals surface area contributed by atoms with E-state index in [-0.39, 0.29) is 10.9 Å². The highest BCUT2D eigenvalue weighted by atomic mass is 32.1. The van der Waals surface area contributed by atoms with Gasteiger partial charge in [-0.2, -0.15) is 4.39 Å². The van der Waals surface area contributed by atoms with Crippen molar-refractivity contribution in [1.29, 1.82) is 0 Å². The second-order valence-corrected chi connectivity index (χ2v) is 5.60. The maximum atomic E-state index is 14.0. The molecule has 0 aliphatic rings. The highest BCUT2D eigenvalue weighted by Gasteiger charge is 2.30. The number of nitrogens with one attached hydrogen (secondary N) is 1. The largest absolute Gasteiger partial charge is 0.457 e. The molecule has 0 saturated carbocycles. The van der Waals surface area contributed by atoms with Gasteiger partial charge >= 0.3 is 0 Å². The Hall–Kier alpha value is -2.42. The zero-order chi connectivity index (χ0) is 16.9. The summed E-state index contributed by atoms with van der Waals surface area (Å²) in [6.45, 7) is 2.97. The van der Waals surface area contributed by atoms with Crippen molar-refractivity contribution in [3.05, 3.63) is 45.7 Å². The molecule has 2 aromatic heterocycles. The summed E-state index contributed by atoms with van der Waals surface area (Å²) < 4.78 is 59.3. The van der Waals surface area contributed by atoms with E-state index in [1.807, 2.05) is 0 Å². The summed E-state index contributed by atoms with van der Waals surface area (Å²) in [7, 11) is 0. The van der Waals surface area contributed by atoms with E-state index < -0.39 is 45.7 Å². The van der Waals surface area contributed by atoms with Crippen LogP contribution >= 0.6 is 11.3 Å². The number of anilines is 1. The van der Waals surface area contributed by atoms with Gasteiger partial charge in [-0.25, -0.2) is 18.2 Å². The zero-order valence-electron chi connectivity index (χ0n) is 11.8. The lowest BCUT2D eigenvalue weighted by molar-refractivity contribution is 0.102. The number of nitrogens with zero attached hydrogens (tertiary/aromatic N) is 1. The summed E-state index contributed by atoms with van der Waals surface area (Å²) in [6, 6.07) is 0. The molecule has 0 radical (unpaired) electrons. The van der Waals surface area contributed by atoms with Crippen molar-refractivity contribution in [2.45, 2.75) is 13.8 Å². The van der Waals surface area contributed by atoms with Crippen LogP contribution in [0.1, 0.15) is 21.8 Å². The van der Waals surface area contributed by atoms with Crippen molar-refractivity contribution < 1.29 is 26.8 Å². The van der Waals surface area contributed by atoms with Crippen LogP contribution in [0.3, 0.4) is 0 Å². The van der Waals surface area contributed by atoms with E-state index in [2.05, 4.69) is 10.3 Å². The predicted octanol–water partition coefficient (Wildman–Crippen LogP) is 4.31. The molecular formula is C14H8F4N2O2S. The number of furan rings is 1. The molecule has 9 heteroatoms. The Balaban J connectivity index is 2.17. The minimum absolute atomic E-state index is 0.173. The quantitative estimate of drug-likeness (QED) is 0.428. The molecule has 1 N–H and O–H groups in total. The van der Waals surface area contributed by atoms with Crippen LogP contribution in [0.15, 0.2) is 9.80 Å². The molecule has 1 aromatic carbocycles. The molecule has 1 amide bonds. The maximum absolute atomic E-state index is 14.0. The SMILES string of the molecule is Cc1csc(NC(=O)c2c(C)oc3c(F)c(F)c(F)c(F)c23)n1. The average molecular weight is 344 g/mol. The molecule has 23 heavy (non-hydrogen) atoms. The van der Waals surface area contributed by atoms with Crippen LogP contribution in [0.2, 0.25) is 0 Å². The molecule has 0 spiro atoms. The Morgan fingerprint density at radius 3 is 2.39 bits per heavy atom. The number of benzene rings is 1. The number of carbonyl (C=O) groups is 1. The van der Waals surface area contributed by atoms with Crippen molar-refractivity contribution >= 4 is 33.3 Å². The highest BCUT2D eigenvalue weighted by molar-refractivity contribution is 7.13. The Bertz CT molecular complexity index is 948. The molecule has 2 heterocycles.